The molecule has 0 spiro atoms. The minimum absolute atomic E-state index is 0.0392. The normalized spacial score (nSPS) is 50.4. The zero-order chi connectivity index (χ0) is 38.8. The second-order valence-corrected chi connectivity index (χ2v) is 16.1. The van der Waals surface area contributed by atoms with Crippen molar-refractivity contribution in [2.75, 3.05) is 13.2 Å². The Morgan fingerprint density at radius 2 is 1.28 bits per heavy atom. The van der Waals surface area contributed by atoms with Gasteiger partial charge in [-0.3, -0.25) is 0 Å². The summed E-state index contributed by atoms with van der Waals surface area (Å²) in [5.74, 6) is -1.34. The highest BCUT2D eigenvalue weighted by Gasteiger charge is 2.54. The summed E-state index contributed by atoms with van der Waals surface area (Å²) >= 11 is 0. The minimum atomic E-state index is -1.70. The van der Waals surface area contributed by atoms with E-state index >= 15 is 0 Å². The molecule has 18 nitrogen and oxygen atoms in total. The highest BCUT2D eigenvalue weighted by Crippen LogP contribution is 2.42. The lowest BCUT2D eigenvalue weighted by Crippen LogP contribution is -2.63. The molecule has 54 heavy (non-hydrogen) atoms. The van der Waals surface area contributed by atoms with Crippen LogP contribution in [0.2, 0.25) is 0 Å². The molecule has 6 fully saturated rings. The summed E-state index contributed by atoms with van der Waals surface area (Å²) in [6.45, 7) is -1.13. The SMILES string of the molecule is O=C(C=CC1CCC(O)C(OC2OC(CO)C(O)C(O)C2O)C1)OCC1OC(OC2CC3C(O)CC(O)CC3[OH+]C2C2CCC(O)CC2)C(O)C(O)C1O. The Morgan fingerprint density at radius 3 is 1.94 bits per heavy atom. The van der Waals surface area contributed by atoms with E-state index in [0.717, 1.165) is 0 Å². The predicted molar refractivity (Wildman–Crippen MR) is 181 cm³/mol. The fraction of sp³-hybridized carbons (Fsp3) is 0.917. The molecule has 3 heterocycles. The fourth-order valence-electron chi connectivity index (χ4n) is 9.06. The lowest BCUT2D eigenvalue weighted by molar-refractivity contribution is -0.355. The molecule has 0 amide bonds. The number of rotatable bonds is 10. The molecule has 310 valence electrons. The Kier molecular flexibility index (Phi) is 14.4. The Balaban J connectivity index is 1.04. The molecule has 0 aromatic rings. The molecule has 0 radical (unpaired) electrons. The Morgan fingerprint density at radius 1 is 0.648 bits per heavy atom. The summed E-state index contributed by atoms with van der Waals surface area (Å²) in [6.07, 6.45) is -13.0. The van der Waals surface area contributed by atoms with Crippen molar-refractivity contribution >= 4 is 5.97 Å². The summed E-state index contributed by atoms with van der Waals surface area (Å²) < 4.78 is 33.8. The van der Waals surface area contributed by atoms with Gasteiger partial charge in [-0.2, -0.15) is 0 Å². The molecule has 3 saturated heterocycles. The molecule has 18 heteroatoms. The van der Waals surface area contributed by atoms with Gasteiger partial charge >= 0.3 is 5.97 Å². The van der Waals surface area contributed by atoms with Gasteiger partial charge in [-0.1, -0.05) is 6.08 Å². The molecule has 3 aliphatic heterocycles. The van der Waals surface area contributed by atoms with E-state index in [9.17, 15) is 61.0 Å². The standard InChI is InChI=1S/C36H58O18/c37-13-25-28(43)30(45)32(47)35(53-25)51-23-9-15(1-7-20(23)40)2-8-27(42)49-14-26-29(44)31(46)33(48)36(54-26)52-24-12-19-21(41)10-18(39)11-22(19)50-34(24)16-3-5-17(38)6-4-16/h2,8,15-26,28-41,43-48H,1,3-7,9-14H2/p+1. The lowest BCUT2D eigenvalue weighted by atomic mass is 9.73. The third-order valence-corrected chi connectivity index (χ3v) is 12.3. The average molecular weight is 780 g/mol. The van der Waals surface area contributed by atoms with Gasteiger partial charge in [0.05, 0.1) is 43.0 Å². The molecule has 19 atom stereocenters. The van der Waals surface area contributed by atoms with Crippen LogP contribution >= 0.6 is 0 Å². The van der Waals surface area contributed by atoms with E-state index in [1.807, 2.05) is 0 Å². The first-order chi connectivity index (χ1) is 25.7. The molecular weight excluding hydrogens is 720 g/mol. The van der Waals surface area contributed by atoms with Crippen molar-refractivity contribution in [3.05, 3.63) is 12.2 Å². The van der Waals surface area contributed by atoms with Crippen LogP contribution in [-0.4, -0.2) is 190 Å². The second-order valence-electron chi connectivity index (χ2n) is 16.1. The smallest absolute Gasteiger partial charge is 0.330 e. The number of hydrogen-bond donors (Lipinski definition) is 11. The van der Waals surface area contributed by atoms with E-state index in [2.05, 4.69) is 0 Å². The van der Waals surface area contributed by atoms with Crippen LogP contribution in [0.3, 0.4) is 0 Å². The van der Waals surface area contributed by atoms with Crippen LogP contribution in [0.5, 0.6) is 0 Å². The molecule has 6 aliphatic rings. The van der Waals surface area contributed by atoms with Gasteiger partial charge in [0.1, 0.15) is 61.5 Å². The van der Waals surface area contributed by atoms with E-state index in [4.69, 9.17) is 28.4 Å². The third kappa shape index (κ3) is 9.63. The van der Waals surface area contributed by atoms with Crippen LogP contribution in [0.4, 0.5) is 0 Å². The molecule has 0 aromatic heterocycles. The second kappa shape index (κ2) is 18.4. The van der Waals surface area contributed by atoms with E-state index in [0.29, 0.717) is 44.9 Å². The van der Waals surface area contributed by atoms with Gasteiger partial charge in [-0.15, -0.1) is 0 Å². The summed E-state index contributed by atoms with van der Waals surface area (Å²) in [4.78, 5) is 12.8. The van der Waals surface area contributed by atoms with Crippen LogP contribution in [-0.2, 0) is 28.5 Å². The molecule has 6 rings (SSSR count). The van der Waals surface area contributed by atoms with E-state index < -0.39 is 117 Å². The van der Waals surface area contributed by atoms with Crippen LogP contribution in [0.15, 0.2) is 12.2 Å². The summed E-state index contributed by atoms with van der Waals surface area (Å²) in [7, 11) is 0. The van der Waals surface area contributed by atoms with Crippen LogP contribution < -0.4 is 0 Å². The van der Waals surface area contributed by atoms with Crippen molar-refractivity contribution in [1.82, 2.24) is 0 Å². The zero-order valence-corrected chi connectivity index (χ0v) is 30.1. The van der Waals surface area contributed by atoms with Gasteiger partial charge in [0, 0.05) is 24.8 Å². The topological polar surface area (TPSA) is 299 Å². The van der Waals surface area contributed by atoms with Crippen LogP contribution in [0.1, 0.15) is 64.2 Å². The Labute approximate surface area is 312 Å². The molecule has 3 aliphatic carbocycles. The van der Waals surface area contributed by atoms with Gasteiger partial charge in [-0.25, -0.2) is 4.79 Å². The average Bonchev–Trinajstić information content (AvgIpc) is 3.15. The summed E-state index contributed by atoms with van der Waals surface area (Å²) in [6, 6.07) is 0. The van der Waals surface area contributed by atoms with Gasteiger partial charge in [-0.05, 0) is 57.3 Å². The number of aliphatic hydroxyl groups is 13. The van der Waals surface area contributed by atoms with Crippen molar-refractivity contribution in [3.8, 4) is 0 Å². The van der Waals surface area contributed by atoms with Gasteiger partial charge in [0.25, 0.3) is 0 Å². The van der Waals surface area contributed by atoms with Gasteiger partial charge in [0.15, 0.2) is 24.8 Å². The van der Waals surface area contributed by atoms with E-state index in [-0.39, 0.29) is 49.2 Å². The molecule has 0 aromatic carbocycles. The Bertz CT molecular complexity index is 1230. The van der Waals surface area contributed by atoms with Crippen molar-refractivity contribution < 1.29 is 89.4 Å². The quantitative estimate of drug-likeness (QED) is 0.0572. The highest BCUT2D eigenvalue weighted by molar-refractivity contribution is 5.81. The number of allylic oxidation sites excluding steroid dienone is 1. The molecule has 0 bridgehead atoms. The summed E-state index contributed by atoms with van der Waals surface area (Å²) in [5.41, 5.74) is 0. The van der Waals surface area contributed by atoms with Crippen LogP contribution in [0, 0.1) is 17.8 Å². The predicted octanol–water partition coefficient (Wildman–Crippen LogP) is -4.02. The van der Waals surface area contributed by atoms with Crippen LogP contribution in [0.25, 0.3) is 0 Å². The monoisotopic (exact) mass is 779 g/mol. The number of ether oxygens (including phenoxy) is 6. The van der Waals surface area contributed by atoms with Gasteiger partial charge < -0.3 is 84.6 Å². The third-order valence-electron chi connectivity index (χ3n) is 12.3. The highest BCUT2D eigenvalue weighted by atomic mass is 16.7. The number of hydrogen-bond acceptors (Lipinski definition) is 17. The number of esters is 1. The molecule has 19 unspecified atom stereocenters. The van der Waals surface area contributed by atoms with Crippen molar-refractivity contribution in [3.63, 3.8) is 0 Å². The van der Waals surface area contributed by atoms with Crippen molar-refractivity contribution in [1.29, 1.82) is 0 Å². The van der Waals surface area contributed by atoms with E-state index in [1.54, 1.807) is 6.08 Å². The Hall–Kier alpha value is -1.43. The first-order valence-electron chi connectivity index (χ1n) is 19.3. The first-order valence-corrected chi connectivity index (χ1v) is 19.3. The molecule has 3 saturated carbocycles. The summed E-state index contributed by atoms with van der Waals surface area (Å²) in [5, 5.41) is 114. The number of fused-ring (bicyclic) bond motifs is 1. The number of carbonyl (C=O) groups excluding carboxylic acids is 1. The lowest BCUT2D eigenvalue weighted by Gasteiger charge is -2.48. The van der Waals surface area contributed by atoms with Crippen molar-refractivity contribution in [2.45, 2.75) is 174 Å². The first kappa shape index (κ1) is 42.2. The zero-order valence-electron chi connectivity index (χ0n) is 30.1. The maximum absolute atomic E-state index is 12.8. The number of aliphatic hydroxyl groups excluding tert-OH is 11. The van der Waals surface area contributed by atoms with Gasteiger partial charge in [0.2, 0.25) is 0 Å². The number of carbonyl (C=O) groups is 1. The van der Waals surface area contributed by atoms with Crippen molar-refractivity contribution in [2.24, 2.45) is 17.8 Å². The van der Waals surface area contributed by atoms with E-state index in [1.165, 1.54) is 6.08 Å². The maximum atomic E-state index is 12.8. The fourth-order valence-corrected chi connectivity index (χ4v) is 9.06. The molecule has 12 N–H and O–H groups in total. The molecular formula is C36H59O18+. The largest absolute Gasteiger partial charge is 0.460 e. The maximum Gasteiger partial charge on any atom is 0.330 e. The minimum Gasteiger partial charge on any atom is -0.460 e.